The van der Waals surface area contributed by atoms with Crippen molar-refractivity contribution in [1.82, 2.24) is 0 Å². The van der Waals surface area contributed by atoms with E-state index in [1.165, 1.54) is 12.8 Å². The summed E-state index contributed by atoms with van der Waals surface area (Å²) in [4.78, 5) is 11.4. The molecule has 0 fully saturated rings. The van der Waals surface area contributed by atoms with E-state index in [0.717, 1.165) is 12.8 Å². The van der Waals surface area contributed by atoms with Crippen LogP contribution in [0.15, 0.2) is 30.3 Å². The predicted molar refractivity (Wildman–Crippen MR) is 68.8 cm³/mol. The summed E-state index contributed by atoms with van der Waals surface area (Å²) in [6.07, 6.45) is 4.95. The minimum absolute atomic E-state index is 0. The molecule has 3 heteroatoms. The van der Waals surface area contributed by atoms with E-state index in [2.05, 4.69) is 6.92 Å². The number of esters is 1. The smallest absolute Gasteiger partial charge is 1.00 e. The van der Waals surface area contributed by atoms with E-state index in [-0.39, 0.29) is 46.6 Å². The topological polar surface area (TPSA) is 26.3 Å². The maximum Gasteiger partial charge on any atom is 2.00 e. The molecule has 1 rings (SSSR count). The SMILES string of the molecule is CCCCCCC(=O)Oc1ccccc1.[Ca+2].[H-].[H-]. The van der Waals surface area contributed by atoms with Gasteiger partial charge in [0.1, 0.15) is 5.75 Å². The summed E-state index contributed by atoms with van der Waals surface area (Å²) >= 11 is 0. The van der Waals surface area contributed by atoms with Crippen LogP contribution < -0.4 is 4.74 Å². The Morgan fingerprint density at radius 1 is 1.19 bits per heavy atom. The molecule has 0 radical (unpaired) electrons. The monoisotopic (exact) mass is 248 g/mol. The van der Waals surface area contributed by atoms with Crippen molar-refractivity contribution in [2.24, 2.45) is 0 Å². The molecule has 0 aliphatic rings. The summed E-state index contributed by atoms with van der Waals surface area (Å²) in [5.74, 6) is 0.510. The molecule has 2 nitrogen and oxygen atoms in total. The van der Waals surface area contributed by atoms with E-state index in [0.29, 0.717) is 12.2 Å². The number of hydrogen-bond acceptors (Lipinski definition) is 2. The maximum atomic E-state index is 11.4. The third-order valence-corrected chi connectivity index (χ3v) is 2.21. The van der Waals surface area contributed by atoms with E-state index < -0.39 is 0 Å². The van der Waals surface area contributed by atoms with Gasteiger partial charge < -0.3 is 7.59 Å². The van der Waals surface area contributed by atoms with E-state index in [1.54, 1.807) is 12.1 Å². The molecule has 0 bridgehead atoms. The van der Waals surface area contributed by atoms with Crippen molar-refractivity contribution in [1.29, 1.82) is 0 Å². The molecule has 16 heavy (non-hydrogen) atoms. The second-order valence-electron chi connectivity index (χ2n) is 3.60. The Kier molecular flexibility index (Phi) is 10.1. The Hall–Kier alpha value is -0.0503. The zero-order chi connectivity index (χ0) is 10.9. The molecule has 86 valence electrons. The van der Waals surface area contributed by atoms with Crippen LogP contribution in [0.2, 0.25) is 0 Å². The van der Waals surface area contributed by atoms with Gasteiger partial charge >= 0.3 is 43.7 Å². The quantitative estimate of drug-likeness (QED) is 0.334. The molecule has 1 aromatic rings. The largest absolute Gasteiger partial charge is 2.00 e. The van der Waals surface area contributed by atoms with Crippen molar-refractivity contribution in [2.45, 2.75) is 39.0 Å². The first kappa shape index (κ1) is 15.9. The predicted octanol–water partition coefficient (Wildman–Crippen LogP) is 3.41. The van der Waals surface area contributed by atoms with Gasteiger partial charge in [-0.25, -0.2) is 0 Å². The van der Waals surface area contributed by atoms with Gasteiger partial charge in [0.25, 0.3) is 0 Å². The number of hydrogen-bond donors (Lipinski definition) is 0. The molecular formula is C13H20CaO2. The first-order valence-electron chi connectivity index (χ1n) is 5.58. The average molecular weight is 248 g/mol. The summed E-state index contributed by atoms with van der Waals surface area (Å²) < 4.78 is 5.16. The first-order valence-corrected chi connectivity index (χ1v) is 5.58. The molecule has 0 atom stereocenters. The van der Waals surface area contributed by atoms with E-state index in [9.17, 15) is 4.79 Å². The fraction of sp³-hybridized carbons (Fsp3) is 0.462. The Balaban J connectivity index is -0.000000750. The van der Waals surface area contributed by atoms with Gasteiger partial charge in [0.15, 0.2) is 0 Å². The molecule has 0 aliphatic carbocycles. The van der Waals surface area contributed by atoms with E-state index in [1.807, 2.05) is 18.2 Å². The van der Waals surface area contributed by atoms with Crippen LogP contribution in [0.1, 0.15) is 41.9 Å². The third kappa shape index (κ3) is 7.26. The average Bonchev–Trinajstić information content (AvgIpc) is 2.26. The van der Waals surface area contributed by atoms with Crippen LogP contribution in [0.5, 0.6) is 5.75 Å². The minimum Gasteiger partial charge on any atom is -1.00 e. The molecule has 0 spiro atoms. The van der Waals surface area contributed by atoms with Crippen LogP contribution in [0.4, 0.5) is 0 Å². The molecule has 0 unspecified atom stereocenters. The van der Waals surface area contributed by atoms with Gasteiger partial charge in [-0.1, -0.05) is 44.4 Å². The Bertz CT molecular complexity index is 294. The second-order valence-corrected chi connectivity index (χ2v) is 3.60. The Labute approximate surface area is 130 Å². The number of carbonyl (C=O) groups is 1. The van der Waals surface area contributed by atoms with Crippen LogP contribution in [0.25, 0.3) is 0 Å². The zero-order valence-electron chi connectivity index (χ0n) is 11.9. The minimum atomic E-state index is -0.127. The summed E-state index contributed by atoms with van der Waals surface area (Å²) in [5, 5.41) is 0. The van der Waals surface area contributed by atoms with Gasteiger partial charge in [0.2, 0.25) is 0 Å². The number of rotatable bonds is 6. The van der Waals surface area contributed by atoms with Crippen molar-refractivity contribution >= 4 is 43.7 Å². The number of benzene rings is 1. The van der Waals surface area contributed by atoms with Crippen LogP contribution in [-0.2, 0) is 4.79 Å². The van der Waals surface area contributed by atoms with Crippen LogP contribution in [-0.4, -0.2) is 43.7 Å². The van der Waals surface area contributed by atoms with Crippen molar-refractivity contribution in [2.75, 3.05) is 0 Å². The van der Waals surface area contributed by atoms with Crippen molar-refractivity contribution in [3.63, 3.8) is 0 Å². The third-order valence-electron chi connectivity index (χ3n) is 2.21. The van der Waals surface area contributed by atoms with Crippen LogP contribution >= 0.6 is 0 Å². The number of unbranched alkanes of at least 4 members (excludes halogenated alkanes) is 3. The van der Waals surface area contributed by atoms with Gasteiger partial charge in [0, 0.05) is 6.42 Å². The van der Waals surface area contributed by atoms with Gasteiger partial charge in [-0.2, -0.15) is 0 Å². The number of para-hydroxylation sites is 1. The molecule has 0 saturated carbocycles. The van der Waals surface area contributed by atoms with Crippen LogP contribution in [0.3, 0.4) is 0 Å². The fourth-order valence-electron chi connectivity index (χ4n) is 1.37. The number of ether oxygens (including phenoxy) is 1. The summed E-state index contributed by atoms with van der Waals surface area (Å²) in [5.41, 5.74) is 0. The van der Waals surface area contributed by atoms with Gasteiger partial charge in [-0.05, 0) is 18.6 Å². The van der Waals surface area contributed by atoms with E-state index in [4.69, 9.17) is 4.74 Å². The molecular weight excluding hydrogens is 228 g/mol. The van der Waals surface area contributed by atoms with Crippen molar-refractivity contribution in [3.8, 4) is 5.75 Å². The van der Waals surface area contributed by atoms with Gasteiger partial charge in [-0.3, -0.25) is 4.79 Å². The number of carbonyl (C=O) groups excluding carboxylic acids is 1. The fourth-order valence-corrected chi connectivity index (χ4v) is 1.37. The van der Waals surface area contributed by atoms with Crippen LogP contribution in [0, 0.1) is 0 Å². The molecule has 0 heterocycles. The molecule has 1 aromatic carbocycles. The van der Waals surface area contributed by atoms with E-state index >= 15 is 0 Å². The summed E-state index contributed by atoms with van der Waals surface area (Å²) in [6, 6.07) is 9.21. The maximum absolute atomic E-state index is 11.4. The molecule has 0 N–H and O–H groups in total. The van der Waals surface area contributed by atoms with Gasteiger partial charge in [0.05, 0.1) is 0 Å². The molecule has 0 aliphatic heterocycles. The second kappa shape index (κ2) is 10.1. The Morgan fingerprint density at radius 2 is 1.88 bits per heavy atom. The summed E-state index contributed by atoms with van der Waals surface area (Å²) in [7, 11) is 0. The van der Waals surface area contributed by atoms with Gasteiger partial charge in [-0.15, -0.1) is 0 Å². The molecule has 0 aromatic heterocycles. The van der Waals surface area contributed by atoms with Crippen molar-refractivity contribution < 1.29 is 12.4 Å². The van der Waals surface area contributed by atoms with Crippen molar-refractivity contribution in [3.05, 3.63) is 30.3 Å². The standard InChI is InChI=1S/C13H18O2.Ca.2H/c1-2-3-4-8-11-13(14)15-12-9-6-5-7-10-12;;;/h5-7,9-10H,2-4,8,11H2,1H3;;;/q;+2;2*-1. The summed E-state index contributed by atoms with van der Waals surface area (Å²) in [6.45, 7) is 2.16. The molecule has 0 saturated heterocycles. The molecule has 0 amide bonds. The first-order chi connectivity index (χ1) is 7.33. The zero-order valence-corrected chi connectivity index (χ0v) is 12.2. The normalized spacial score (nSPS) is 9.31. The Morgan fingerprint density at radius 3 is 2.50 bits per heavy atom.